The maximum Gasteiger partial charge on any atom is 0.269 e. The van der Waals surface area contributed by atoms with Gasteiger partial charge in [0.2, 0.25) is 0 Å². The van der Waals surface area contributed by atoms with E-state index in [1.54, 1.807) is 36.4 Å². The molecule has 130 valence electrons. The van der Waals surface area contributed by atoms with Gasteiger partial charge in [-0.25, -0.2) is 0 Å². The van der Waals surface area contributed by atoms with Gasteiger partial charge in [0.25, 0.3) is 11.2 Å². The molecule has 0 spiro atoms. The summed E-state index contributed by atoms with van der Waals surface area (Å²) in [4.78, 5) is 24.7. The lowest BCUT2D eigenvalue weighted by Crippen LogP contribution is -2.14. The van der Waals surface area contributed by atoms with Crippen LogP contribution in [0, 0.1) is 32.8 Å². The first kappa shape index (κ1) is 17.9. The molecule has 27 heavy (non-hydrogen) atoms. The molecule has 3 aromatic rings. The number of H-pyrrole nitrogens is 1. The highest BCUT2D eigenvalue weighted by Crippen LogP contribution is 2.30. The van der Waals surface area contributed by atoms with Crippen LogP contribution in [0.25, 0.3) is 22.3 Å². The fraction of sp³-hybridized carbons (Fsp3) is 0. The molecule has 0 saturated carbocycles. The van der Waals surface area contributed by atoms with Gasteiger partial charge in [0.15, 0.2) is 0 Å². The second-order valence-electron chi connectivity index (χ2n) is 5.53. The van der Waals surface area contributed by atoms with Crippen LogP contribution in [0.3, 0.4) is 0 Å². The lowest BCUT2D eigenvalue weighted by Gasteiger charge is -2.09. The van der Waals surface area contributed by atoms with Crippen molar-refractivity contribution in [1.29, 1.82) is 10.5 Å². The summed E-state index contributed by atoms with van der Waals surface area (Å²) in [5.41, 5.74) is 1.65. The first-order valence-corrected chi connectivity index (χ1v) is 8.05. The third-order valence-corrected chi connectivity index (χ3v) is 4.34. The fourth-order valence-electron chi connectivity index (χ4n) is 2.70. The zero-order chi connectivity index (χ0) is 19.6. The van der Waals surface area contributed by atoms with E-state index in [0.717, 1.165) is 11.1 Å². The number of nitrogens with zero attached hydrogens (tertiary/aromatic N) is 3. The van der Waals surface area contributed by atoms with Crippen molar-refractivity contribution in [1.82, 2.24) is 4.98 Å². The lowest BCUT2D eigenvalue weighted by atomic mass is 9.95. The Morgan fingerprint density at radius 2 is 1.37 bits per heavy atom. The Bertz CT molecular complexity index is 1180. The van der Waals surface area contributed by atoms with E-state index in [1.165, 1.54) is 12.1 Å². The molecule has 0 saturated heterocycles. The first-order valence-electron chi connectivity index (χ1n) is 7.61. The number of pyridine rings is 1. The van der Waals surface area contributed by atoms with Crippen molar-refractivity contribution in [3.05, 3.63) is 80.1 Å². The summed E-state index contributed by atoms with van der Waals surface area (Å²) in [6, 6.07) is 16.7. The smallest absolute Gasteiger partial charge is 0.269 e. The highest BCUT2D eigenvalue weighted by molar-refractivity contribution is 7.80. The Morgan fingerprint density at radius 1 is 0.889 bits per heavy atom. The normalized spacial score (nSPS) is 10.0. The molecule has 1 N–H and O–H groups in total. The van der Waals surface area contributed by atoms with Crippen molar-refractivity contribution in [3.8, 4) is 34.4 Å². The number of hydrogen-bond donors (Lipinski definition) is 2. The number of hydrogen-bond acceptors (Lipinski definition) is 6. The van der Waals surface area contributed by atoms with Crippen LogP contribution < -0.4 is 5.56 Å². The number of nitrogens with one attached hydrogen (secondary N) is 1. The number of thiol groups is 1. The quantitative estimate of drug-likeness (QED) is 0.411. The second-order valence-corrected chi connectivity index (χ2v) is 5.98. The van der Waals surface area contributed by atoms with Crippen LogP contribution in [0.5, 0.6) is 0 Å². The summed E-state index contributed by atoms with van der Waals surface area (Å²) >= 11 is 4.11. The molecular weight excluding hydrogens is 364 g/mol. The Balaban J connectivity index is 2.09. The highest BCUT2D eigenvalue weighted by Gasteiger charge is 2.18. The number of nitro benzene ring substituents is 1. The number of aromatic amines is 1. The number of benzene rings is 2. The number of rotatable bonds is 3. The van der Waals surface area contributed by atoms with Gasteiger partial charge in [0.1, 0.15) is 17.7 Å². The van der Waals surface area contributed by atoms with Crippen molar-refractivity contribution in [3.63, 3.8) is 0 Å². The van der Waals surface area contributed by atoms with Gasteiger partial charge >= 0.3 is 0 Å². The molecule has 3 rings (SSSR count). The number of non-ortho nitro benzene ring substituents is 1. The molecule has 7 nitrogen and oxygen atoms in total. The van der Waals surface area contributed by atoms with Gasteiger partial charge in [-0.2, -0.15) is 10.5 Å². The average Bonchev–Trinajstić information content (AvgIpc) is 2.67. The van der Waals surface area contributed by atoms with Crippen LogP contribution in [0.4, 0.5) is 5.69 Å². The van der Waals surface area contributed by atoms with Gasteiger partial charge in [-0.3, -0.25) is 14.9 Å². The Labute approximate surface area is 158 Å². The number of aromatic nitrogens is 1. The van der Waals surface area contributed by atoms with Crippen LogP contribution in [-0.4, -0.2) is 9.91 Å². The monoisotopic (exact) mass is 374 g/mol. The average molecular weight is 374 g/mol. The molecule has 0 fully saturated rings. The number of nitro groups is 1. The lowest BCUT2D eigenvalue weighted by molar-refractivity contribution is -0.384. The molecule has 0 radical (unpaired) electrons. The van der Waals surface area contributed by atoms with E-state index in [2.05, 4.69) is 17.6 Å². The highest BCUT2D eigenvalue weighted by atomic mass is 32.1. The molecule has 1 aromatic heterocycles. The molecule has 0 unspecified atom stereocenters. The van der Waals surface area contributed by atoms with Gasteiger partial charge in [-0.05, 0) is 28.8 Å². The molecule has 0 aliphatic carbocycles. The van der Waals surface area contributed by atoms with Crippen molar-refractivity contribution in [2.45, 2.75) is 5.03 Å². The molecule has 8 heteroatoms. The summed E-state index contributed by atoms with van der Waals surface area (Å²) in [6.45, 7) is 0. The van der Waals surface area contributed by atoms with Crippen LogP contribution in [-0.2, 0) is 0 Å². The van der Waals surface area contributed by atoms with E-state index in [9.17, 15) is 25.4 Å². The van der Waals surface area contributed by atoms with E-state index in [-0.39, 0.29) is 27.4 Å². The van der Waals surface area contributed by atoms with Crippen LogP contribution in [0.1, 0.15) is 11.1 Å². The molecule has 0 amide bonds. The van der Waals surface area contributed by atoms with Crippen LogP contribution >= 0.6 is 12.6 Å². The zero-order valence-electron chi connectivity index (χ0n) is 13.6. The summed E-state index contributed by atoms with van der Waals surface area (Å²) in [5, 5.41) is 29.5. The van der Waals surface area contributed by atoms with Crippen molar-refractivity contribution in [2.75, 3.05) is 0 Å². The minimum absolute atomic E-state index is 0.00230. The molecule has 0 aliphatic heterocycles. The van der Waals surface area contributed by atoms with E-state index in [0.29, 0.717) is 5.56 Å². The van der Waals surface area contributed by atoms with E-state index in [4.69, 9.17) is 0 Å². The maximum atomic E-state index is 12.0. The molecule has 0 bridgehead atoms. The van der Waals surface area contributed by atoms with E-state index >= 15 is 0 Å². The topological polar surface area (TPSA) is 124 Å². The van der Waals surface area contributed by atoms with Crippen molar-refractivity contribution in [2.24, 2.45) is 0 Å². The summed E-state index contributed by atoms with van der Waals surface area (Å²) < 4.78 is 0. The Hall–Kier alpha value is -3.88. The van der Waals surface area contributed by atoms with Crippen molar-refractivity contribution >= 4 is 18.3 Å². The summed E-state index contributed by atoms with van der Waals surface area (Å²) in [7, 11) is 0. The van der Waals surface area contributed by atoms with Crippen LogP contribution in [0.15, 0.2) is 58.4 Å². The maximum absolute atomic E-state index is 12.0. The third-order valence-electron chi connectivity index (χ3n) is 4.00. The number of nitriles is 2. The van der Waals surface area contributed by atoms with Gasteiger partial charge < -0.3 is 4.98 Å². The molecular formula is C19H10N4O3S. The largest absolute Gasteiger partial charge is 0.315 e. The fourth-order valence-corrected chi connectivity index (χ4v) is 2.96. The molecule has 2 aromatic carbocycles. The SMILES string of the molecule is N#Cc1c(S)[nH]c(=O)c(C#N)c1-c1ccc(-c2ccc([N+](=O)[O-])cc2)cc1. The van der Waals surface area contributed by atoms with Gasteiger partial charge in [-0.1, -0.05) is 24.3 Å². The minimum Gasteiger partial charge on any atom is -0.315 e. The summed E-state index contributed by atoms with van der Waals surface area (Å²) in [6.07, 6.45) is 0. The second kappa shape index (κ2) is 7.16. The standard InChI is InChI=1S/C19H10N4O3S/c20-9-15-17(16(10-21)19(27)22-18(15)24)13-3-1-11(2-4-13)12-5-7-14(8-6-12)23(25)26/h1-8H,(H2,22,24,27). The van der Waals surface area contributed by atoms with Crippen molar-refractivity contribution < 1.29 is 4.92 Å². The summed E-state index contributed by atoms with van der Waals surface area (Å²) in [5.74, 6) is 0. The Kier molecular flexibility index (Phi) is 4.75. The minimum atomic E-state index is -0.615. The molecule has 0 aliphatic rings. The van der Waals surface area contributed by atoms with E-state index < -0.39 is 10.5 Å². The predicted octanol–water partition coefficient (Wildman–Crippen LogP) is 3.65. The molecule has 1 heterocycles. The molecule has 0 atom stereocenters. The first-order chi connectivity index (χ1) is 13.0. The zero-order valence-corrected chi connectivity index (χ0v) is 14.5. The van der Waals surface area contributed by atoms with E-state index in [1.807, 2.05) is 12.1 Å². The van der Waals surface area contributed by atoms with Gasteiger partial charge in [0, 0.05) is 17.7 Å². The third kappa shape index (κ3) is 3.30. The van der Waals surface area contributed by atoms with Gasteiger partial charge in [0.05, 0.1) is 15.5 Å². The Morgan fingerprint density at radius 3 is 1.85 bits per heavy atom. The van der Waals surface area contributed by atoms with Gasteiger partial charge in [-0.15, -0.1) is 12.6 Å². The predicted molar refractivity (Wildman–Crippen MR) is 101 cm³/mol. The van der Waals surface area contributed by atoms with Crippen LogP contribution in [0.2, 0.25) is 0 Å².